The summed E-state index contributed by atoms with van der Waals surface area (Å²) in [7, 11) is -3.46. The summed E-state index contributed by atoms with van der Waals surface area (Å²) >= 11 is 0. The first-order valence-corrected chi connectivity index (χ1v) is 9.21. The molecule has 0 unspecified atom stereocenters. The number of hydrogen-bond donors (Lipinski definition) is 1. The largest absolute Gasteiger partial charge is 0.347 e. The molecule has 0 radical (unpaired) electrons. The van der Waals surface area contributed by atoms with Crippen molar-refractivity contribution >= 4 is 15.9 Å². The minimum atomic E-state index is -3.46. The van der Waals surface area contributed by atoms with Crippen LogP contribution in [-0.4, -0.2) is 36.7 Å². The van der Waals surface area contributed by atoms with Crippen molar-refractivity contribution in [2.24, 2.45) is 0 Å². The zero-order valence-electron chi connectivity index (χ0n) is 13.8. The monoisotopic (exact) mass is 347 g/mol. The molecule has 2 aromatic rings. The Hall–Kier alpha value is -2.25. The molecule has 0 atom stereocenters. The summed E-state index contributed by atoms with van der Waals surface area (Å²) in [4.78, 5) is 16.2. The number of rotatable bonds is 7. The van der Waals surface area contributed by atoms with Crippen molar-refractivity contribution in [3.63, 3.8) is 0 Å². The van der Waals surface area contributed by atoms with E-state index in [0.29, 0.717) is 25.3 Å². The van der Waals surface area contributed by atoms with Gasteiger partial charge < -0.3 is 5.32 Å². The van der Waals surface area contributed by atoms with E-state index >= 15 is 0 Å². The molecule has 24 heavy (non-hydrogen) atoms. The molecule has 0 bridgehead atoms. The SMILES string of the molecule is CCN(CC)S(=O)(=O)c1ccc(CNC(=O)c2ccccn2)cc1. The predicted octanol–water partition coefficient (Wildman–Crippen LogP) is 2.04. The van der Waals surface area contributed by atoms with Gasteiger partial charge in [0.1, 0.15) is 5.69 Å². The number of amides is 1. The fourth-order valence-electron chi connectivity index (χ4n) is 2.26. The number of nitrogens with zero attached hydrogens (tertiary/aromatic N) is 2. The number of pyridine rings is 1. The lowest BCUT2D eigenvalue weighted by Gasteiger charge is -2.18. The molecule has 0 aliphatic rings. The second kappa shape index (κ2) is 8.03. The minimum absolute atomic E-state index is 0.256. The molecule has 1 aromatic heterocycles. The van der Waals surface area contributed by atoms with Crippen molar-refractivity contribution in [3.05, 3.63) is 59.9 Å². The molecular formula is C17H21N3O3S. The quantitative estimate of drug-likeness (QED) is 0.831. The van der Waals surface area contributed by atoms with Crippen LogP contribution in [0.25, 0.3) is 0 Å². The number of sulfonamides is 1. The van der Waals surface area contributed by atoms with Gasteiger partial charge in [-0.3, -0.25) is 9.78 Å². The van der Waals surface area contributed by atoms with Crippen molar-refractivity contribution in [2.45, 2.75) is 25.3 Å². The topological polar surface area (TPSA) is 79.4 Å². The molecule has 0 spiro atoms. The second-order valence-corrected chi connectivity index (χ2v) is 7.07. The molecule has 0 saturated carbocycles. The Labute approximate surface area is 142 Å². The van der Waals surface area contributed by atoms with Crippen molar-refractivity contribution < 1.29 is 13.2 Å². The van der Waals surface area contributed by atoms with E-state index < -0.39 is 10.0 Å². The zero-order chi connectivity index (χ0) is 17.6. The maximum Gasteiger partial charge on any atom is 0.270 e. The maximum absolute atomic E-state index is 12.4. The zero-order valence-corrected chi connectivity index (χ0v) is 14.6. The molecule has 7 heteroatoms. The predicted molar refractivity (Wildman–Crippen MR) is 92.0 cm³/mol. The number of nitrogens with one attached hydrogen (secondary N) is 1. The first-order chi connectivity index (χ1) is 11.5. The molecule has 0 saturated heterocycles. The van der Waals surface area contributed by atoms with E-state index in [2.05, 4.69) is 10.3 Å². The van der Waals surface area contributed by atoms with E-state index in [-0.39, 0.29) is 10.8 Å². The Bertz CT molecular complexity index is 770. The number of benzene rings is 1. The van der Waals surface area contributed by atoms with E-state index in [4.69, 9.17) is 0 Å². The van der Waals surface area contributed by atoms with Gasteiger partial charge >= 0.3 is 0 Å². The summed E-state index contributed by atoms with van der Waals surface area (Å²) in [5.41, 5.74) is 1.16. The number of carbonyl (C=O) groups is 1. The van der Waals surface area contributed by atoms with Crippen LogP contribution in [0.3, 0.4) is 0 Å². The van der Waals surface area contributed by atoms with Crippen LogP contribution >= 0.6 is 0 Å². The molecule has 2 rings (SSSR count). The number of aromatic nitrogens is 1. The van der Waals surface area contributed by atoms with E-state index in [1.54, 1.807) is 48.7 Å². The normalized spacial score (nSPS) is 11.5. The first kappa shape index (κ1) is 18.1. The van der Waals surface area contributed by atoms with Crippen LogP contribution in [-0.2, 0) is 16.6 Å². The van der Waals surface area contributed by atoms with Crippen LogP contribution in [0.4, 0.5) is 0 Å². The van der Waals surface area contributed by atoms with E-state index in [1.807, 2.05) is 13.8 Å². The molecule has 0 aliphatic carbocycles. The molecule has 1 amide bonds. The summed E-state index contributed by atoms with van der Waals surface area (Å²) < 4.78 is 26.2. The molecule has 0 fully saturated rings. The van der Waals surface area contributed by atoms with Gasteiger partial charge in [-0.25, -0.2) is 8.42 Å². The molecule has 1 N–H and O–H groups in total. The van der Waals surface area contributed by atoms with Gasteiger partial charge in [0.25, 0.3) is 5.91 Å². The lowest BCUT2D eigenvalue weighted by atomic mass is 10.2. The summed E-state index contributed by atoms with van der Waals surface area (Å²) in [6.07, 6.45) is 1.56. The smallest absolute Gasteiger partial charge is 0.270 e. The third kappa shape index (κ3) is 4.18. The van der Waals surface area contributed by atoms with Crippen LogP contribution < -0.4 is 5.32 Å². The molecule has 1 aromatic carbocycles. The summed E-state index contributed by atoms with van der Waals surface area (Å²) in [5.74, 6) is -0.268. The Kier molecular flexibility index (Phi) is 6.05. The average Bonchev–Trinajstić information content (AvgIpc) is 2.61. The van der Waals surface area contributed by atoms with Crippen LogP contribution in [0.15, 0.2) is 53.6 Å². The van der Waals surface area contributed by atoms with Crippen molar-refractivity contribution in [1.82, 2.24) is 14.6 Å². The Morgan fingerprint density at radius 1 is 1.08 bits per heavy atom. The third-order valence-corrected chi connectivity index (χ3v) is 5.68. The highest BCUT2D eigenvalue weighted by molar-refractivity contribution is 7.89. The number of carbonyl (C=O) groups excluding carboxylic acids is 1. The molecular weight excluding hydrogens is 326 g/mol. The van der Waals surface area contributed by atoms with Gasteiger partial charge in [0, 0.05) is 25.8 Å². The van der Waals surface area contributed by atoms with Crippen molar-refractivity contribution in [3.8, 4) is 0 Å². The van der Waals surface area contributed by atoms with Crippen molar-refractivity contribution in [1.29, 1.82) is 0 Å². The van der Waals surface area contributed by atoms with E-state index in [9.17, 15) is 13.2 Å². The fraction of sp³-hybridized carbons (Fsp3) is 0.294. The van der Waals surface area contributed by atoms with Gasteiger partial charge in [-0.2, -0.15) is 4.31 Å². The summed E-state index contributed by atoms with van der Waals surface area (Å²) in [5, 5.41) is 2.76. The van der Waals surface area contributed by atoms with E-state index in [1.165, 1.54) is 4.31 Å². The Morgan fingerprint density at radius 2 is 1.75 bits per heavy atom. The minimum Gasteiger partial charge on any atom is -0.347 e. The maximum atomic E-state index is 12.4. The van der Waals surface area contributed by atoms with Crippen molar-refractivity contribution in [2.75, 3.05) is 13.1 Å². The highest BCUT2D eigenvalue weighted by atomic mass is 32.2. The Morgan fingerprint density at radius 3 is 2.29 bits per heavy atom. The van der Waals surface area contributed by atoms with Gasteiger partial charge in [0.05, 0.1) is 4.90 Å². The summed E-state index contributed by atoms with van der Waals surface area (Å²) in [6.45, 7) is 4.79. The van der Waals surface area contributed by atoms with Gasteiger partial charge in [0.15, 0.2) is 0 Å². The van der Waals surface area contributed by atoms with Gasteiger partial charge in [0.2, 0.25) is 10.0 Å². The van der Waals surface area contributed by atoms with Crippen LogP contribution in [0.5, 0.6) is 0 Å². The van der Waals surface area contributed by atoms with Crippen LogP contribution in [0.2, 0.25) is 0 Å². The van der Waals surface area contributed by atoms with Crippen LogP contribution in [0.1, 0.15) is 29.9 Å². The van der Waals surface area contributed by atoms with Gasteiger partial charge in [-0.1, -0.05) is 32.0 Å². The number of hydrogen-bond acceptors (Lipinski definition) is 4. The fourth-order valence-corrected chi connectivity index (χ4v) is 3.72. The highest BCUT2D eigenvalue weighted by Crippen LogP contribution is 2.16. The van der Waals surface area contributed by atoms with E-state index in [0.717, 1.165) is 5.56 Å². The standard InChI is InChI=1S/C17H21N3O3S/c1-3-20(4-2)24(22,23)15-10-8-14(9-11-15)13-19-17(21)16-7-5-6-12-18-16/h5-12H,3-4,13H2,1-2H3,(H,19,21). The summed E-state index contributed by atoms with van der Waals surface area (Å²) in [6, 6.07) is 11.7. The Balaban J connectivity index is 2.04. The lowest BCUT2D eigenvalue weighted by Crippen LogP contribution is -2.30. The second-order valence-electron chi connectivity index (χ2n) is 5.13. The average molecular weight is 347 g/mol. The molecule has 128 valence electrons. The first-order valence-electron chi connectivity index (χ1n) is 7.77. The molecule has 6 nitrogen and oxygen atoms in total. The third-order valence-electron chi connectivity index (χ3n) is 3.62. The van der Waals surface area contributed by atoms with Crippen LogP contribution in [0, 0.1) is 0 Å². The molecule has 1 heterocycles. The highest BCUT2D eigenvalue weighted by Gasteiger charge is 2.21. The van der Waals surface area contributed by atoms with Gasteiger partial charge in [-0.05, 0) is 29.8 Å². The van der Waals surface area contributed by atoms with Gasteiger partial charge in [-0.15, -0.1) is 0 Å². The lowest BCUT2D eigenvalue weighted by molar-refractivity contribution is 0.0946. The molecule has 0 aliphatic heterocycles.